The highest BCUT2D eigenvalue weighted by Gasteiger charge is 2.41. The van der Waals surface area contributed by atoms with Crippen LogP contribution in [0.25, 0.3) is 11.4 Å². The average molecular weight is 367 g/mol. The predicted molar refractivity (Wildman–Crippen MR) is 106 cm³/mol. The van der Waals surface area contributed by atoms with E-state index >= 15 is 0 Å². The second kappa shape index (κ2) is 8.03. The Morgan fingerprint density at radius 3 is 2.59 bits per heavy atom. The van der Waals surface area contributed by atoms with Crippen LogP contribution < -0.4 is 0 Å². The average Bonchev–Trinajstić information content (AvgIpc) is 2.75. The number of fused-ring (bicyclic) bond motifs is 3. The molecule has 1 N–H and O–H groups in total. The van der Waals surface area contributed by atoms with Gasteiger partial charge in [-0.25, -0.2) is 9.97 Å². The van der Waals surface area contributed by atoms with Gasteiger partial charge in [0, 0.05) is 53.8 Å². The van der Waals surface area contributed by atoms with Crippen LogP contribution in [0.3, 0.4) is 0 Å². The number of aromatic nitrogens is 3. The van der Waals surface area contributed by atoms with Crippen LogP contribution in [-0.2, 0) is 0 Å². The van der Waals surface area contributed by atoms with E-state index in [1.54, 1.807) is 0 Å². The van der Waals surface area contributed by atoms with Gasteiger partial charge < -0.3 is 5.11 Å². The van der Waals surface area contributed by atoms with E-state index in [-0.39, 0.29) is 6.61 Å². The van der Waals surface area contributed by atoms with E-state index in [1.807, 2.05) is 24.5 Å². The fraction of sp³-hybridized carbons (Fsp3) is 0.591. The van der Waals surface area contributed by atoms with Gasteiger partial charge in [-0.05, 0) is 56.3 Å². The van der Waals surface area contributed by atoms with Gasteiger partial charge >= 0.3 is 0 Å². The molecule has 3 aliphatic heterocycles. The summed E-state index contributed by atoms with van der Waals surface area (Å²) in [6, 6.07) is 6.59. The van der Waals surface area contributed by atoms with Crippen molar-refractivity contribution < 1.29 is 5.11 Å². The summed E-state index contributed by atoms with van der Waals surface area (Å²) in [6.45, 7) is 6.86. The lowest BCUT2D eigenvalue weighted by Gasteiger charge is -2.49. The van der Waals surface area contributed by atoms with Crippen molar-refractivity contribution in [2.75, 3.05) is 19.7 Å². The van der Waals surface area contributed by atoms with Crippen LogP contribution in [0.1, 0.15) is 62.8 Å². The molecule has 2 bridgehead atoms. The van der Waals surface area contributed by atoms with Crippen LogP contribution >= 0.6 is 0 Å². The van der Waals surface area contributed by atoms with Crippen LogP contribution in [0.5, 0.6) is 0 Å². The lowest BCUT2D eigenvalue weighted by molar-refractivity contribution is 0.00184. The van der Waals surface area contributed by atoms with Crippen LogP contribution in [-0.4, -0.2) is 50.7 Å². The first-order valence-corrected chi connectivity index (χ1v) is 10.4. The number of nitrogens with zero attached hydrogens (tertiary/aromatic N) is 4. The van der Waals surface area contributed by atoms with Crippen molar-refractivity contribution in [1.82, 2.24) is 19.9 Å². The SMILES string of the molecule is CCC(CC)c1cc([C@@H]2CN3CC[C@H]2C[C@@H]3CO)nc(-c2ccncc2)n1. The van der Waals surface area contributed by atoms with Gasteiger partial charge in [-0.3, -0.25) is 9.88 Å². The molecule has 0 aliphatic carbocycles. The molecule has 3 saturated heterocycles. The highest BCUT2D eigenvalue weighted by molar-refractivity contribution is 5.54. The molecule has 3 aliphatic rings. The molecule has 0 saturated carbocycles. The standard InChI is InChI=1S/C22H30N4O/c1-3-15(4-2)20-12-21(25-22(24-20)16-5-8-23-9-6-16)19-13-26-10-7-17(19)11-18(26)14-27/h5-6,8-9,12,15,17-19,27H,3-4,7,10-11,13-14H2,1-2H3/t17-,18+,19+/m0/s1. The topological polar surface area (TPSA) is 62.1 Å². The van der Waals surface area contributed by atoms with E-state index in [1.165, 1.54) is 17.8 Å². The van der Waals surface area contributed by atoms with E-state index < -0.39 is 0 Å². The van der Waals surface area contributed by atoms with Crippen molar-refractivity contribution in [2.24, 2.45) is 5.92 Å². The Hall–Kier alpha value is -1.85. The third-order valence-electron chi connectivity index (χ3n) is 6.58. The van der Waals surface area contributed by atoms with E-state index in [0.29, 0.717) is 23.8 Å². The molecule has 2 aromatic heterocycles. The van der Waals surface area contributed by atoms with Crippen LogP contribution in [0.4, 0.5) is 0 Å². The Kier molecular flexibility index (Phi) is 5.50. The molecule has 27 heavy (non-hydrogen) atoms. The number of hydrogen-bond donors (Lipinski definition) is 1. The van der Waals surface area contributed by atoms with Gasteiger partial charge in [-0.15, -0.1) is 0 Å². The zero-order valence-electron chi connectivity index (χ0n) is 16.4. The van der Waals surface area contributed by atoms with E-state index in [0.717, 1.165) is 43.7 Å². The summed E-state index contributed by atoms with van der Waals surface area (Å²) >= 11 is 0. The summed E-state index contributed by atoms with van der Waals surface area (Å²) in [5, 5.41) is 9.67. The van der Waals surface area contributed by atoms with Gasteiger partial charge in [-0.1, -0.05) is 13.8 Å². The molecule has 1 unspecified atom stereocenters. The lowest BCUT2D eigenvalue weighted by Crippen LogP contribution is -2.53. The fourth-order valence-electron chi connectivity index (χ4n) is 4.88. The zero-order chi connectivity index (χ0) is 18.8. The maximum atomic E-state index is 9.67. The quantitative estimate of drug-likeness (QED) is 0.846. The Labute approximate surface area is 161 Å². The predicted octanol–water partition coefficient (Wildman–Crippen LogP) is 3.61. The highest BCUT2D eigenvalue weighted by Crippen LogP contribution is 2.42. The molecule has 3 fully saturated rings. The number of pyridine rings is 1. The number of hydrogen-bond acceptors (Lipinski definition) is 5. The zero-order valence-corrected chi connectivity index (χ0v) is 16.4. The van der Waals surface area contributed by atoms with Gasteiger partial charge in [-0.2, -0.15) is 0 Å². The Bertz CT molecular complexity index is 762. The largest absolute Gasteiger partial charge is 0.395 e. The van der Waals surface area contributed by atoms with Gasteiger partial charge in [0.15, 0.2) is 5.82 Å². The summed E-state index contributed by atoms with van der Waals surface area (Å²) < 4.78 is 0. The smallest absolute Gasteiger partial charge is 0.159 e. The summed E-state index contributed by atoms with van der Waals surface area (Å²) in [6.07, 6.45) is 8.09. The van der Waals surface area contributed by atoms with Crippen molar-refractivity contribution in [3.05, 3.63) is 42.0 Å². The van der Waals surface area contributed by atoms with Crippen molar-refractivity contribution >= 4 is 0 Å². The third-order valence-corrected chi connectivity index (χ3v) is 6.58. The lowest BCUT2D eigenvalue weighted by atomic mass is 9.74. The Balaban J connectivity index is 1.73. The third kappa shape index (κ3) is 3.63. The summed E-state index contributed by atoms with van der Waals surface area (Å²) in [5.74, 6) is 2.35. The van der Waals surface area contributed by atoms with Crippen molar-refractivity contribution in [3.63, 3.8) is 0 Å². The molecule has 0 spiro atoms. The van der Waals surface area contributed by atoms with Gasteiger partial charge in [0.25, 0.3) is 0 Å². The molecular weight excluding hydrogens is 336 g/mol. The molecule has 4 atom stereocenters. The number of aliphatic hydroxyl groups excluding tert-OH is 1. The summed E-state index contributed by atoms with van der Waals surface area (Å²) in [7, 11) is 0. The van der Waals surface area contributed by atoms with E-state index in [9.17, 15) is 5.11 Å². The Morgan fingerprint density at radius 2 is 1.96 bits per heavy atom. The van der Waals surface area contributed by atoms with Crippen LogP contribution in [0.15, 0.2) is 30.6 Å². The Morgan fingerprint density at radius 1 is 1.19 bits per heavy atom. The first-order chi connectivity index (χ1) is 13.2. The molecular formula is C22H30N4O. The molecule has 0 radical (unpaired) electrons. The molecule has 5 heterocycles. The molecule has 5 heteroatoms. The number of rotatable bonds is 6. The molecule has 0 aromatic carbocycles. The second-order valence-electron chi connectivity index (χ2n) is 8.01. The molecule has 144 valence electrons. The minimum atomic E-state index is 0.272. The van der Waals surface area contributed by atoms with Crippen LogP contribution in [0.2, 0.25) is 0 Å². The monoisotopic (exact) mass is 366 g/mol. The minimum absolute atomic E-state index is 0.272. The fourth-order valence-corrected chi connectivity index (χ4v) is 4.88. The van der Waals surface area contributed by atoms with Crippen LogP contribution in [0, 0.1) is 5.92 Å². The first kappa shape index (κ1) is 18.5. The molecule has 5 rings (SSSR count). The van der Waals surface area contributed by atoms with E-state index in [4.69, 9.17) is 9.97 Å². The normalized spacial score (nSPS) is 27.3. The highest BCUT2D eigenvalue weighted by atomic mass is 16.3. The van der Waals surface area contributed by atoms with Crippen molar-refractivity contribution in [2.45, 2.75) is 57.4 Å². The summed E-state index contributed by atoms with van der Waals surface area (Å²) in [4.78, 5) is 16.6. The molecule has 2 aromatic rings. The maximum absolute atomic E-state index is 9.67. The molecule has 5 nitrogen and oxygen atoms in total. The van der Waals surface area contributed by atoms with Crippen molar-refractivity contribution in [1.29, 1.82) is 0 Å². The minimum Gasteiger partial charge on any atom is -0.395 e. The first-order valence-electron chi connectivity index (χ1n) is 10.4. The van der Waals surface area contributed by atoms with Gasteiger partial charge in [0.2, 0.25) is 0 Å². The summed E-state index contributed by atoms with van der Waals surface area (Å²) in [5.41, 5.74) is 3.39. The second-order valence-corrected chi connectivity index (χ2v) is 8.01. The van der Waals surface area contributed by atoms with Gasteiger partial charge in [0.05, 0.1) is 6.61 Å². The van der Waals surface area contributed by atoms with Gasteiger partial charge in [0.1, 0.15) is 0 Å². The molecule has 0 amide bonds. The van der Waals surface area contributed by atoms with E-state index in [2.05, 4.69) is 29.8 Å². The maximum Gasteiger partial charge on any atom is 0.159 e. The number of piperidine rings is 3. The van der Waals surface area contributed by atoms with Crippen molar-refractivity contribution in [3.8, 4) is 11.4 Å². The number of aliphatic hydroxyl groups is 1.